The summed E-state index contributed by atoms with van der Waals surface area (Å²) in [7, 11) is 0. The molecule has 0 bridgehead atoms. The lowest BCUT2D eigenvalue weighted by molar-refractivity contribution is -0.138. The van der Waals surface area contributed by atoms with Crippen LogP contribution >= 0.6 is 23.1 Å². The van der Waals surface area contributed by atoms with E-state index in [0.717, 1.165) is 16.3 Å². The zero-order valence-electron chi connectivity index (χ0n) is 10.7. The Morgan fingerprint density at radius 3 is 3.15 bits per heavy atom. The van der Waals surface area contributed by atoms with Crippen LogP contribution in [0.5, 0.6) is 0 Å². The van der Waals surface area contributed by atoms with Crippen LogP contribution in [-0.4, -0.2) is 46.0 Å². The Labute approximate surface area is 124 Å². The molecule has 0 spiro atoms. The smallest absolute Gasteiger partial charge is 0.232 e. The largest absolute Gasteiger partial charge is 0.389 e. The average Bonchev–Trinajstić information content (AvgIpc) is 3.05. The van der Waals surface area contributed by atoms with Crippen LogP contribution in [0.15, 0.2) is 28.1 Å². The van der Waals surface area contributed by atoms with E-state index in [0.29, 0.717) is 24.6 Å². The molecule has 0 unspecified atom stereocenters. The van der Waals surface area contributed by atoms with E-state index in [2.05, 4.69) is 5.16 Å². The van der Waals surface area contributed by atoms with Crippen LogP contribution in [0.2, 0.25) is 0 Å². The number of aliphatic hydroxyl groups is 1. The van der Waals surface area contributed by atoms with E-state index in [1.807, 2.05) is 23.6 Å². The zero-order valence-corrected chi connectivity index (χ0v) is 12.3. The molecule has 0 atom stereocenters. The van der Waals surface area contributed by atoms with Crippen LogP contribution in [0.1, 0.15) is 5.69 Å². The first-order valence-electron chi connectivity index (χ1n) is 6.25. The van der Waals surface area contributed by atoms with E-state index in [4.69, 9.17) is 9.63 Å². The molecule has 1 aliphatic heterocycles. The SMILES string of the molecule is O=C(CSCc1cc(-c2cccs2)on1)N1CC(O)C1. The van der Waals surface area contributed by atoms with Crippen LogP contribution in [0.4, 0.5) is 0 Å². The molecule has 1 aliphatic rings. The summed E-state index contributed by atoms with van der Waals surface area (Å²) in [4.78, 5) is 14.4. The Kier molecular flexibility index (Phi) is 4.09. The van der Waals surface area contributed by atoms with Gasteiger partial charge in [0.2, 0.25) is 5.91 Å². The molecule has 7 heteroatoms. The van der Waals surface area contributed by atoms with Gasteiger partial charge in [0.05, 0.1) is 22.4 Å². The van der Waals surface area contributed by atoms with Crippen LogP contribution in [0, 0.1) is 0 Å². The number of aliphatic hydroxyl groups excluding tert-OH is 1. The standard InChI is InChI=1S/C13H14N2O3S2/c16-10-5-15(6-10)13(17)8-19-7-9-4-11(18-14-9)12-2-1-3-20-12/h1-4,10,16H,5-8H2. The molecular formula is C13H14N2O3S2. The maximum absolute atomic E-state index is 11.7. The molecule has 0 radical (unpaired) electrons. The monoisotopic (exact) mass is 310 g/mol. The predicted molar refractivity (Wildman–Crippen MR) is 78.6 cm³/mol. The number of thioether (sulfide) groups is 1. The Bertz CT molecular complexity index is 576. The lowest BCUT2D eigenvalue weighted by Gasteiger charge is -2.35. The summed E-state index contributed by atoms with van der Waals surface area (Å²) in [6, 6.07) is 5.87. The van der Waals surface area contributed by atoms with E-state index in [9.17, 15) is 4.79 Å². The molecule has 0 saturated carbocycles. The summed E-state index contributed by atoms with van der Waals surface area (Å²) >= 11 is 3.12. The van der Waals surface area contributed by atoms with Gasteiger partial charge in [-0.25, -0.2) is 0 Å². The number of carbonyl (C=O) groups excluding carboxylic acids is 1. The normalized spacial score (nSPS) is 15.3. The average molecular weight is 310 g/mol. The summed E-state index contributed by atoms with van der Waals surface area (Å²) < 4.78 is 5.28. The van der Waals surface area contributed by atoms with Gasteiger partial charge in [-0.15, -0.1) is 23.1 Å². The number of amides is 1. The number of aromatic nitrogens is 1. The summed E-state index contributed by atoms with van der Waals surface area (Å²) in [6.45, 7) is 0.928. The highest BCUT2D eigenvalue weighted by molar-refractivity contribution is 7.99. The summed E-state index contributed by atoms with van der Waals surface area (Å²) in [6.07, 6.45) is -0.340. The summed E-state index contributed by atoms with van der Waals surface area (Å²) in [5.74, 6) is 1.90. The fourth-order valence-electron chi connectivity index (χ4n) is 1.91. The maximum atomic E-state index is 11.7. The van der Waals surface area contributed by atoms with Gasteiger partial charge >= 0.3 is 0 Å². The van der Waals surface area contributed by atoms with Crippen molar-refractivity contribution in [3.8, 4) is 10.6 Å². The fraction of sp³-hybridized carbons (Fsp3) is 0.385. The quantitative estimate of drug-likeness (QED) is 0.913. The third-order valence-electron chi connectivity index (χ3n) is 3.01. The minimum atomic E-state index is -0.340. The van der Waals surface area contributed by atoms with Crippen molar-refractivity contribution in [3.63, 3.8) is 0 Å². The molecular weight excluding hydrogens is 296 g/mol. The van der Waals surface area contributed by atoms with Crippen molar-refractivity contribution in [1.29, 1.82) is 0 Å². The third kappa shape index (κ3) is 3.05. The third-order valence-corrected chi connectivity index (χ3v) is 4.85. The lowest BCUT2D eigenvalue weighted by Crippen LogP contribution is -2.54. The predicted octanol–water partition coefficient (Wildman–Crippen LogP) is 1.84. The van der Waals surface area contributed by atoms with E-state index in [-0.39, 0.29) is 12.0 Å². The Morgan fingerprint density at radius 2 is 2.45 bits per heavy atom. The van der Waals surface area contributed by atoms with Crippen molar-refractivity contribution in [2.24, 2.45) is 0 Å². The second-order valence-electron chi connectivity index (χ2n) is 4.61. The molecule has 106 valence electrons. The highest BCUT2D eigenvalue weighted by Crippen LogP contribution is 2.26. The molecule has 2 aromatic heterocycles. The van der Waals surface area contributed by atoms with Gasteiger partial charge in [0.1, 0.15) is 0 Å². The van der Waals surface area contributed by atoms with Gasteiger partial charge in [-0.1, -0.05) is 11.2 Å². The second-order valence-corrected chi connectivity index (χ2v) is 6.54. The first-order valence-corrected chi connectivity index (χ1v) is 8.29. The van der Waals surface area contributed by atoms with Gasteiger partial charge in [-0.3, -0.25) is 4.79 Å². The summed E-state index contributed by atoms with van der Waals surface area (Å²) in [5.41, 5.74) is 0.842. The second kappa shape index (κ2) is 5.99. The molecule has 20 heavy (non-hydrogen) atoms. The molecule has 1 amide bonds. The molecule has 3 heterocycles. The van der Waals surface area contributed by atoms with Crippen molar-refractivity contribution in [2.75, 3.05) is 18.8 Å². The topological polar surface area (TPSA) is 66.6 Å². The molecule has 1 saturated heterocycles. The van der Waals surface area contributed by atoms with Crippen molar-refractivity contribution in [2.45, 2.75) is 11.9 Å². The van der Waals surface area contributed by atoms with Crippen molar-refractivity contribution >= 4 is 29.0 Å². The van der Waals surface area contributed by atoms with Gasteiger partial charge < -0.3 is 14.5 Å². The molecule has 0 aromatic carbocycles. The number of hydrogen-bond donors (Lipinski definition) is 1. The highest BCUT2D eigenvalue weighted by atomic mass is 32.2. The van der Waals surface area contributed by atoms with E-state index in [1.54, 1.807) is 16.2 Å². The molecule has 0 aliphatic carbocycles. The van der Waals surface area contributed by atoms with Crippen LogP contribution in [0.3, 0.4) is 0 Å². The van der Waals surface area contributed by atoms with Gasteiger partial charge in [0, 0.05) is 24.9 Å². The van der Waals surface area contributed by atoms with E-state index >= 15 is 0 Å². The first kappa shape index (κ1) is 13.7. The minimum absolute atomic E-state index is 0.0716. The fourth-order valence-corrected chi connectivity index (χ4v) is 3.39. The summed E-state index contributed by atoms with van der Waals surface area (Å²) in [5, 5.41) is 15.1. The first-order chi connectivity index (χ1) is 9.72. The van der Waals surface area contributed by atoms with Gasteiger partial charge in [0.15, 0.2) is 5.76 Å². The number of hydrogen-bond acceptors (Lipinski definition) is 6. The number of thiophene rings is 1. The van der Waals surface area contributed by atoms with Gasteiger partial charge in [-0.2, -0.15) is 0 Å². The van der Waals surface area contributed by atoms with Gasteiger partial charge in [0.25, 0.3) is 0 Å². The zero-order chi connectivity index (χ0) is 13.9. The Hall–Kier alpha value is -1.31. The number of likely N-dealkylation sites (tertiary alicyclic amines) is 1. The molecule has 2 aromatic rings. The van der Waals surface area contributed by atoms with Crippen molar-refractivity contribution in [1.82, 2.24) is 10.1 Å². The molecule has 3 rings (SSSR count). The Morgan fingerprint density at radius 1 is 1.60 bits per heavy atom. The van der Waals surface area contributed by atoms with Gasteiger partial charge in [-0.05, 0) is 11.4 Å². The minimum Gasteiger partial charge on any atom is -0.389 e. The molecule has 5 nitrogen and oxygen atoms in total. The van der Waals surface area contributed by atoms with E-state index < -0.39 is 0 Å². The van der Waals surface area contributed by atoms with Crippen LogP contribution < -0.4 is 0 Å². The lowest BCUT2D eigenvalue weighted by atomic mass is 10.2. The van der Waals surface area contributed by atoms with Crippen molar-refractivity contribution in [3.05, 3.63) is 29.3 Å². The van der Waals surface area contributed by atoms with E-state index in [1.165, 1.54) is 11.8 Å². The molecule has 1 N–H and O–H groups in total. The number of nitrogens with zero attached hydrogens (tertiary/aromatic N) is 2. The molecule has 1 fully saturated rings. The number of β-amino-alcohol motifs (C(OH)–C–C–N with tert-alkyl or cyclic N) is 1. The maximum Gasteiger partial charge on any atom is 0.232 e. The number of carbonyl (C=O) groups is 1. The number of rotatable bonds is 5. The van der Waals surface area contributed by atoms with Crippen LogP contribution in [-0.2, 0) is 10.5 Å². The highest BCUT2D eigenvalue weighted by Gasteiger charge is 2.28. The van der Waals surface area contributed by atoms with Crippen molar-refractivity contribution < 1.29 is 14.4 Å². The Balaban J connectivity index is 1.46. The van der Waals surface area contributed by atoms with Crippen LogP contribution in [0.25, 0.3) is 10.6 Å².